The molecular weight excluding hydrogens is 173 g/mol. The second-order valence-electron chi connectivity index (χ2n) is 2.86. The quantitative estimate of drug-likeness (QED) is 0.560. The molecule has 0 aliphatic heterocycles. The monoisotopic (exact) mass is 178 g/mol. The number of benzene rings is 1. The second kappa shape index (κ2) is 2.59. The Kier molecular flexibility index (Phi) is 1.65. The zero-order chi connectivity index (χ0) is 9.59. The summed E-state index contributed by atoms with van der Waals surface area (Å²) in [6.07, 6.45) is 0. The van der Waals surface area contributed by atoms with Crippen molar-refractivity contribution in [3.8, 4) is 0 Å². The molecule has 0 atom stereocenters. The van der Waals surface area contributed by atoms with Gasteiger partial charge in [0.05, 0.1) is 0 Å². The van der Waals surface area contributed by atoms with E-state index < -0.39 is 11.6 Å². The molecule has 1 aromatic heterocycles. The number of furan rings is 1. The molecule has 2 rings (SSSR count). The van der Waals surface area contributed by atoms with Gasteiger partial charge in [-0.15, -0.1) is 0 Å². The minimum atomic E-state index is -0.989. The molecule has 0 saturated heterocycles. The van der Waals surface area contributed by atoms with Gasteiger partial charge in [0.25, 0.3) is 0 Å². The van der Waals surface area contributed by atoms with E-state index >= 15 is 0 Å². The van der Waals surface area contributed by atoms with Crippen LogP contribution in [0.15, 0.2) is 16.5 Å². The highest BCUT2D eigenvalue weighted by atomic mass is 19.2. The summed E-state index contributed by atoms with van der Waals surface area (Å²) in [5.41, 5.74) is 0.0701. The van der Waals surface area contributed by atoms with E-state index in [9.17, 15) is 8.78 Å². The smallest absolute Gasteiger partial charge is 0.201 e. The zero-order valence-electron chi connectivity index (χ0n) is 6.90. The van der Waals surface area contributed by atoms with Crippen LogP contribution in [0, 0.1) is 18.6 Å². The van der Waals surface area contributed by atoms with Crippen molar-refractivity contribution < 1.29 is 13.2 Å². The highest BCUT2D eigenvalue weighted by Gasteiger charge is 2.13. The Morgan fingerprint density at radius 1 is 1.31 bits per heavy atom. The molecule has 2 aromatic rings. The van der Waals surface area contributed by atoms with Gasteiger partial charge in [-0.3, -0.25) is 0 Å². The molecule has 1 heterocycles. The summed E-state index contributed by atoms with van der Waals surface area (Å²) < 4.78 is 30.8. The average Bonchev–Trinajstić information content (AvgIpc) is 2.44. The van der Waals surface area contributed by atoms with Gasteiger partial charge in [0.2, 0.25) is 5.82 Å². The molecule has 13 heavy (non-hydrogen) atoms. The van der Waals surface area contributed by atoms with Crippen molar-refractivity contribution in [2.45, 2.75) is 6.92 Å². The Morgan fingerprint density at radius 2 is 2.00 bits per heavy atom. The van der Waals surface area contributed by atoms with Gasteiger partial charge in [-0.25, -0.2) is 4.39 Å². The molecular formula is C9H5BF2O. The van der Waals surface area contributed by atoms with Gasteiger partial charge in [0, 0.05) is 5.39 Å². The molecule has 0 aliphatic rings. The van der Waals surface area contributed by atoms with Crippen LogP contribution in [0.25, 0.3) is 11.0 Å². The summed E-state index contributed by atoms with van der Waals surface area (Å²) in [7, 11) is 5.47. The van der Waals surface area contributed by atoms with E-state index in [4.69, 9.17) is 12.3 Å². The Morgan fingerprint density at radius 3 is 2.69 bits per heavy atom. The van der Waals surface area contributed by atoms with Crippen LogP contribution in [-0.4, -0.2) is 7.85 Å². The first kappa shape index (κ1) is 8.29. The van der Waals surface area contributed by atoms with Crippen molar-refractivity contribution >= 4 is 24.3 Å². The van der Waals surface area contributed by atoms with E-state index in [2.05, 4.69) is 0 Å². The fraction of sp³-hybridized carbons (Fsp3) is 0.111. The van der Waals surface area contributed by atoms with Gasteiger partial charge in [-0.1, -0.05) is 5.46 Å². The molecule has 0 N–H and O–H groups in total. The predicted octanol–water partition coefficient (Wildman–Crippen LogP) is 1.81. The predicted molar refractivity (Wildman–Crippen MR) is 46.3 cm³/mol. The number of aryl methyl sites for hydroxylation is 1. The Balaban J connectivity index is 2.95. The highest BCUT2D eigenvalue weighted by Crippen LogP contribution is 2.21. The lowest BCUT2D eigenvalue weighted by molar-refractivity contribution is 0.486. The standard InChI is InChI=1S/C9H5BF2O/c1-4-2-5-6(10)3-7(11)8(12)9(5)13-4/h2-3H,1H3. The third kappa shape index (κ3) is 1.13. The van der Waals surface area contributed by atoms with Crippen LogP contribution in [0.3, 0.4) is 0 Å². The molecule has 4 heteroatoms. The van der Waals surface area contributed by atoms with Crippen LogP contribution < -0.4 is 5.46 Å². The van der Waals surface area contributed by atoms with Crippen LogP contribution in [0.1, 0.15) is 5.76 Å². The SMILES string of the molecule is [B]c1cc(F)c(F)c2oc(C)cc12. The minimum absolute atomic E-state index is 0.116. The molecule has 64 valence electrons. The Hall–Kier alpha value is -1.32. The average molecular weight is 178 g/mol. The van der Waals surface area contributed by atoms with Gasteiger partial charge in [0.1, 0.15) is 13.6 Å². The Labute approximate surface area is 74.8 Å². The molecule has 0 unspecified atom stereocenters. The highest BCUT2D eigenvalue weighted by molar-refractivity contribution is 6.38. The van der Waals surface area contributed by atoms with Gasteiger partial charge >= 0.3 is 0 Å². The van der Waals surface area contributed by atoms with E-state index in [1.807, 2.05) is 0 Å². The summed E-state index contributed by atoms with van der Waals surface area (Å²) >= 11 is 0. The Bertz CT molecular complexity index is 476. The molecule has 0 fully saturated rings. The third-order valence-electron chi connectivity index (χ3n) is 1.86. The van der Waals surface area contributed by atoms with Crippen LogP contribution in [-0.2, 0) is 0 Å². The van der Waals surface area contributed by atoms with Crippen molar-refractivity contribution in [1.29, 1.82) is 0 Å². The molecule has 1 nitrogen and oxygen atoms in total. The van der Waals surface area contributed by atoms with Crippen LogP contribution >= 0.6 is 0 Å². The number of halogens is 2. The first-order valence-electron chi connectivity index (χ1n) is 3.73. The molecule has 0 saturated carbocycles. The van der Waals surface area contributed by atoms with Gasteiger partial charge in [-0.2, -0.15) is 4.39 Å². The van der Waals surface area contributed by atoms with Gasteiger partial charge in [0.15, 0.2) is 11.4 Å². The molecule has 1 aromatic carbocycles. The summed E-state index contributed by atoms with van der Waals surface area (Å²) in [6.45, 7) is 1.65. The summed E-state index contributed by atoms with van der Waals surface area (Å²) in [6, 6.07) is 2.53. The number of hydrogen-bond donors (Lipinski definition) is 0. The summed E-state index contributed by atoms with van der Waals surface area (Å²) in [5.74, 6) is -1.47. The lowest BCUT2D eigenvalue weighted by atomic mass is 9.92. The first-order chi connectivity index (χ1) is 6.09. The van der Waals surface area contributed by atoms with Crippen molar-refractivity contribution in [3.63, 3.8) is 0 Å². The maximum Gasteiger partial charge on any atom is 0.201 e. The van der Waals surface area contributed by atoms with E-state index in [1.165, 1.54) is 0 Å². The molecule has 2 radical (unpaired) electrons. The van der Waals surface area contributed by atoms with Crippen molar-refractivity contribution in [3.05, 3.63) is 29.5 Å². The molecule has 0 spiro atoms. The summed E-state index contributed by atoms with van der Waals surface area (Å²) in [4.78, 5) is 0. The third-order valence-corrected chi connectivity index (χ3v) is 1.86. The van der Waals surface area contributed by atoms with Gasteiger partial charge < -0.3 is 4.42 Å². The maximum atomic E-state index is 13.1. The van der Waals surface area contributed by atoms with Gasteiger partial charge in [-0.05, 0) is 19.1 Å². The van der Waals surface area contributed by atoms with Crippen LogP contribution in [0.4, 0.5) is 8.78 Å². The number of hydrogen-bond acceptors (Lipinski definition) is 1. The van der Waals surface area contributed by atoms with E-state index in [0.29, 0.717) is 11.1 Å². The lowest BCUT2D eigenvalue weighted by Crippen LogP contribution is -2.05. The zero-order valence-corrected chi connectivity index (χ0v) is 6.90. The second-order valence-corrected chi connectivity index (χ2v) is 2.86. The first-order valence-corrected chi connectivity index (χ1v) is 3.73. The van der Waals surface area contributed by atoms with Crippen LogP contribution in [0.2, 0.25) is 0 Å². The topological polar surface area (TPSA) is 13.1 Å². The normalized spacial score (nSPS) is 11.0. The van der Waals surface area contributed by atoms with E-state index in [1.54, 1.807) is 13.0 Å². The largest absolute Gasteiger partial charge is 0.458 e. The molecule has 0 aliphatic carbocycles. The molecule has 0 bridgehead atoms. The van der Waals surface area contributed by atoms with E-state index in [0.717, 1.165) is 6.07 Å². The van der Waals surface area contributed by atoms with E-state index in [-0.39, 0.29) is 11.0 Å². The fourth-order valence-corrected chi connectivity index (χ4v) is 1.28. The lowest BCUT2D eigenvalue weighted by Gasteiger charge is -1.97. The maximum absolute atomic E-state index is 13.1. The van der Waals surface area contributed by atoms with Crippen molar-refractivity contribution in [2.75, 3.05) is 0 Å². The number of fused-ring (bicyclic) bond motifs is 1. The van der Waals surface area contributed by atoms with Crippen molar-refractivity contribution in [1.82, 2.24) is 0 Å². The van der Waals surface area contributed by atoms with Crippen molar-refractivity contribution in [2.24, 2.45) is 0 Å². The fourth-order valence-electron chi connectivity index (χ4n) is 1.28. The molecule has 0 amide bonds. The van der Waals surface area contributed by atoms with Crippen LogP contribution in [0.5, 0.6) is 0 Å². The number of rotatable bonds is 0. The minimum Gasteiger partial charge on any atom is -0.458 e. The summed E-state index contributed by atoms with van der Waals surface area (Å²) in [5, 5.41) is 0.413.